The smallest absolute Gasteiger partial charge is 0.226 e. The highest BCUT2D eigenvalue weighted by atomic mass is 16.5. The highest BCUT2D eigenvalue weighted by Gasteiger charge is 2.25. The number of benzene rings is 2. The van der Waals surface area contributed by atoms with Crippen LogP contribution >= 0.6 is 0 Å². The lowest BCUT2D eigenvalue weighted by Crippen LogP contribution is -2.04. The van der Waals surface area contributed by atoms with Crippen LogP contribution in [-0.4, -0.2) is 18.7 Å². The summed E-state index contributed by atoms with van der Waals surface area (Å²) in [5.74, 6) is 4.63. The van der Waals surface area contributed by atoms with E-state index in [2.05, 4.69) is 37.0 Å². The van der Waals surface area contributed by atoms with Crippen molar-refractivity contribution in [1.82, 2.24) is 4.98 Å². The third kappa shape index (κ3) is 4.16. The number of hydrogen-bond acceptors (Lipinski definition) is 4. The molecule has 0 spiro atoms. The Balaban J connectivity index is 1.38. The Hall–Kier alpha value is -2.75. The zero-order valence-electron chi connectivity index (χ0n) is 17.7. The molecule has 1 aliphatic carbocycles. The molecule has 0 bridgehead atoms. The lowest BCUT2D eigenvalue weighted by Gasteiger charge is -2.16. The van der Waals surface area contributed by atoms with Crippen molar-refractivity contribution in [3.8, 4) is 23.0 Å². The van der Waals surface area contributed by atoms with Crippen molar-refractivity contribution in [2.75, 3.05) is 13.7 Å². The van der Waals surface area contributed by atoms with Gasteiger partial charge in [0, 0.05) is 12.0 Å². The molecule has 4 rings (SSSR count). The van der Waals surface area contributed by atoms with E-state index in [1.54, 1.807) is 7.11 Å². The van der Waals surface area contributed by atoms with E-state index in [1.165, 1.54) is 17.5 Å². The molecule has 0 fully saturated rings. The van der Waals surface area contributed by atoms with Crippen molar-refractivity contribution in [2.24, 2.45) is 5.92 Å². The Bertz CT molecular complexity index is 972. The van der Waals surface area contributed by atoms with Crippen molar-refractivity contribution >= 4 is 0 Å². The van der Waals surface area contributed by atoms with Gasteiger partial charge in [-0.1, -0.05) is 19.9 Å². The highest BCUT2D eigenvalue weighted by Crippen LogP contribution is 2.39. The normalized spacial score (nSPS) is 15.6. The molecule has 0 saturated heterocycles. The van der Waals surface area contributed by atoms with Gasteiger partial charge < -0.3 is 13.9 Å². The molecule has 1 unspecified atom stereocenters. The molecule has 1 heterocycles. The van der Waals surface area contributed by atoms with Gasteiger partial charge in [-0.25, -0.2) is 4.98 Å². The summed E-state index contributed by atoms with van der Waals surface area (Å²) in [5.41, 5.74) is 4.83. The molecule has 1 aliphatic rings. The van der Waals surface area contributed by atoms with Gasteiger partial charge in [-0.2, -0.15) is 0 Å². The number of nitrogens with zero attached hydrogens (tertiary/aromatic N) is 1. The standard InChI is InChI=1S/C25H29NO3/c1-16(2)22-11-7-19-15-21(10-12-23(19)22)28-14-13-24-17(3)29-25(26-24)18-5-8-20(27-4)9-6-18/h5-6,8-10,12,15-16,22H,7,11,13-14H2,1-4H3. The molecule has 1 aromatic heterocycles. The fraction of sp³-hybridized carbons (Fsp3) is 0.400. The number of aromatic nitrogens is 1. The zero-order valence-corrected chi connectivity index (χ0v) is 17.7. The topological polar surface area (TPSA) is 44.5 Å². The average Bonchev–Trinajstić information content (AvgIpc) is 3.31. The molecule has 4 nitrogen and oxygen atoms in total. The summed E-state index contributed by atoms with van der Waals surface area (Å²) in [7, 11) is 1.66. The number of hydrogen-bond donors (Lipinski definition) is 0. The van der Waals surface area contributed by atoms with Crippen LogP contribution in [0.4, 0.5) is 0 Å². The molecule has 3 aromatic rings. The third-order valence-electron chi connectivity index (χ3n) is 5.88. The van der Waals surface area contributed by atoms with E-state index in [-0.39, 0.29) is 0 Å². The lowest BCUT2D eigenvalue weighted by atomic mass is 9.90. The maximum atomic E-state index is 6.03. The van der Waals surface area contributed by atoms with Crippen molar-refractivity contribution in [1.29, 1.82) is 0 Å². The van der Waals surface area contributed by atoms with Gasteiger partial charge in [0.25, 0.3) is 0 Å². The molecule has 0 radical (unpaired) electrons. The van der Waals surface area contributed by atoms with E-state index in [0.717, 1.165) is 41.4 Å². The molecule has 0 saturated carbocycles. The van der Waals surface area contributed by atoms with Gasteiger partial charge in [0.05, 0.1) is 19.4 Å². The Labute approximate surface area is 172 Å². The van der Waals surface area contributed by atoms with E-state index in [4.69, 9.17) is 13.9 Å². The van der Waals surface area contributed by atoms with E-state index in [9.17, 15) is 0 Å². The fourth-order valence-corrected chi connectivity index (χ4v) is 4.19. The quantitative estimate of drug-likeness (QED) is 0.498. The Morgan fingerprint density at radius 3 is 2.59 bits per heavy atom. The van der Waals surface area contributed by atoms with Gasteiger partial charge in [0.2, 0.25) is 5.89 Å². The van der Waals surface area contributed by atoms with E-state index in [1.807, 2.05) is 31.2 Å². The van der Waals surface area contributed by atoms with E-state index >= 15 is 0 Å². The monoisotopic (exact) mass is 391 g/mol. The van der Waals surface area contributed by atoms with Crippen LogP contribution in [0.2, 0.25) is 0 Å². The number of rotatable bonds is 7. The first-order chi connectivity index (χ1) is 14.0. The van der Waals surface area contributed by atoms with Crippen molar-refractivity contribution in [3.05, 3.63) is 65.0 Å². The maximum absolute atomic E-state index is 6.03. The van der Waals surface area contributed by atoms with Gasteiger partial charge >= 0.3 is 0 Å². The minimum absolute atomic E-state index is 0.585. The lowest BCUT2D eigenvalue weighted by molar-refractivity contribution is 0.319. The number of oxazole rings is 1. The van der Waals surface area contributed by atoms with Crippen LogP contribution in [0.15, 0.2) is 46.9 Å². The molecular formula is C25H29NO3. The minimum Gasteiger partial charge on any atom is -0.497 e. The van der Waals surface area contributed by atoms with E-state index < -0.39 is 0 Å². The predicted octanol–water partition coefficient (Wildman–Crippen LogP) is 5.97. The van der Waals surface area contributed by atoms with Gasteiger partial charge in [0.1, 0.15) is 17.3 Å². The average molecular weight is 392 g/mol. The predicted molar refractivity (Wildman–Crippen MR) is 115 cm³/mol. The number of fused-ring (bicyclic) bond motifs is 1. The molecule has 0 N–H and O–H groups in total. The summed E-state index contributed by atoms with van der Waals surface area (Å²) in [6, 6.07) is 14.3. The van der Waals surface area contributed by atoms with Crippen molar-refractivity contribution in [2.45, 2.75) is 46.0 Å². The van der Waals surface area contributed by atoms with Gasteiger partial charge in [-0.15, -0.1) is 0 Å². The summed E-state index contributed by atoms with van der Waals surface area (Å²) in [5, 5.41) is 0. The number of aryl methyl sites for hydroxylation is 2. The molecule has 1 atom stereocenters. The molecule has 2 aromatic carbocycles. The van der Waals surface area contributed by atoms with E-state index in [0.29, 0.717) is 24.3 Å². The number of methoxy groups -OCH3 is 1. The largest absolute Gasteiger partial charge is 0.497 e. The minimum atomic E-state index is 0.585. The second kappa shape index (κ2) is 8.32. The molecular weight excluding hydrogens is 362 g/mol. The Kier molecular flexibility index (Phi) is 5.61. The van der Waals surface area contributed by atoms with Crippen LogP contribution < -0.4 is 9.47 Å². The fourth-order valence-electron chi connectivity index (χ4n) is 4.19. The van der Waals surface area contributed by atoms with Crippen LogP contribution in [0.3, 0.4) is 0 Å². The summed E-state index contributed by atoms with van der Waals surface area (Å²) in [6.07, 6.45) is 3.13. The van der Waals surface area contributed by atoms with Crippen molar-refractivity contribution < 1.29 is 13.9 Å². The van der Waals surface area contributed by atoms with Crippen LogP contribution in [0.5, 0.6) is 11.5 Å². The molecule has 152 valence electrons. The first kappa shape index (κ1) is 19.6. The summed E-state index contributed by atoms with van der Waals surface area (Å²) in [6.45, 7) is 7.16. The Morgan fingerprint density at radius 2 is 1.86 bits per heavy atom. The highest BCUT2D eigenvalue weighted by molar-refractivity contribution is 5.55. The van der Waals surface area contributed by atoms with Crippen LogP contribution in [0.25, 0.3) is 11.5 Å². The zero-order chi connectivity index (χ0) is 20.4. The van der Waals surface area contributed by atoms with Crippen LogP contribution in [0, 0.1) is 12.8 Å². The second-order valence-electron chi connectivity index (χ2n) is 8.10. The number of ether oxygens (including phenoxy) is 2. The summed E-state index contributed by atoms with van der Waals surface area (Å²) < 4.78 is 17.1. The third-order valence-corrected chi connectivity index (χ3v) is 5.88. The molecule has 4 heteroatoms. The second-order valence-corrected chi connectivity index (χ2v) is 8.10. The Morgan fingerprint density at radius 1 is 1.10 bits per heavy atom. The van der Waals surface area contributed by atoms with Gasteiger partial charge in [0.15, 0.2) is 0 Å². The maximum Gasteiger partial charge on any atom is 0.226 e. The van der Waals surface area contributed by atoms with Crippen LogP contribution in [-0.2, 0) is 12.8 Å². The van der Waals surface area contributed by atoms with Crippen LogP contribution in [0.1, 0.15) is 48.8 Å². The van der Waals surface area contributed by atoms with Crippen molar-refractivity contribution in [3.63, 3.8) is 0 Å². The molecule has 29 heavy (non-hydrogen) atoms. The first-order valence-corrected chi connectivity index (χ1v) is 10.4. The summed E-state index contributed by atoms with van der Waals surface area (Å²) >= 11 is 0. The molecule has 0 amide bonds. The first-order valence-electron chi connectivity index (χ1n) is 10.4. The van der Waals surface area contributed by atoms with Gasteiger partial charge in [-0.3, -0.25) is 0 Å². The summed E-state index contributed by atoms with van der Waals surface area (Å²) in [4.78, 5) is 4.67. The SMILES string of the molecule is COc1ccc(-c2nc(CCOc3ccc4c(c3)CCC4C(C)C)c(C)o2)cc1. The molecule has 0 aliphatic heterocycles. The van der Waals surface area contributed by atoms with Gasteiger partial charge in [-0.05, 0) is 79.1 Å².